The predicted octanol–water partition coefficient (Wildman–Crippen LogP) is 2.56. The molecule has 2 rings (SSSR count). The number of methoxy groups -OCH3 is 1. The number of hydrogen-bond acceptors (Lipinski definition) is 7. The minimum Gasteiger partial charge on any atom is -0.466 e. The summed E-state index contributed by atoms with van der Waals surface area (Å²) < 4.78 is 9.77. The average molecular weight is 337 g/mol. The van der Waals surface area contributed by atoms with E-state index < -0.39 is 12.1 Å². The van der Waals surface area contributed by atoms with Crippen LogP contribution in [-0.2, 0) is 19.1 Å². The van der Waals surface area contributed by atoms with Crippen molar-refractivity contribution in [2.24, 2.45) is 5.16 Å². The van der Waals surface area contributed by atoms with Gasteiger partial charge in [-0.15, -0.1) is 11.8 Å². The van der Waals surface area contributed by atoms with Gasteiger partial charge >= 0.3 is 11.9 Å². The Morgan fingerprint density at radius 3 is 2.78 bits per heavy atom. The van der Waals surface area contributed by atoms with Crippen molar-refractivity contribution in [2.45, 2.75) is 31.3 Å². The van der Waals surface area contributed by atoms with Crippen molar-refractivity contribution in [3.63, 3.8) is 0 Å². The fourth-order valence-corrected chi connectivity index (χ4v) is 3.11. The maximum absolute atomic E-state index is 12.1. The van der Waals surface area contributed by atoms with Gasteiger partial charge in [0, 0.05) is 16.9 Å². The van der Waals surface area contributed by atoms with E-state index in [1.807, 2.05) is 19.2 Å². The van der Waals surface area contributed by atoms with Gasteiger partial charge in [0.2, 0.25) is 6.10 Å². The molecule has 6 nitrogen and oxygen atoms in total. The van der Waals surface area contributed by atoms with Crippen molar-refractivity contribution in [1.29, 1.82) is 0 Å². The second-order valence-electron chi connectivity index (χ2n) is 4.90. The maximum Gasteiger partial charge on any atom is 0.350 e. The molecule has 0 spiro atoms. The van der Waals surface area contributed by atoms with Gasteiger partial charge in [-0.2, -0.15) is 0 Å². The van der Waals surface area contributed by atoms with E-state index >= 15 is 0 Å². The zero-order chi connectivity index (χ0) is 17.0. The van der Waals surface area contributed by atoms with Crippen LogP contribution in [0.1, 0.15) is 34.8 Å². The molecule has 23 heavy (non-hydrogen) atoms. The summed E-state index contributed by atoms with van der Waals surface area (Å²) in [5, 5.41) is 4.02. The van der Waals surface area contributed by atoms with Gasteiger partial charge in [0.15, 0.2) is 0 Å². The van der Waals surface area contributed by atoms with Crippen LogP contribution in [0.25, 0.3) is 0 Å². The van der Waals surface area contributed by atoms with Crippen molar-refractivity contribution < 1.29 is 23.9 Å². The van der Waals surface area contributed by atoms with E-state index in [0.29, 0.717) is 24.3 Å². The smallest absolute Gasteiger partial charge is 0.350 e. The quantitative estimate of drug-likeness (QED) is 0.607. The number of nitrogens with zero attached hydrogens (tertiary/aromatic N) is 1. The highest BCUT2D eigenvalue weighted by atomic mass is 32.2. The van der Waals surface area contributed by atoms with Gasteiger partial charge in [-0.3, -0.25) is 0 Å². The van der Waals surface area contributed by atoms with E-state index in [0.717, 1.165) is 16.0 Å². The van der Waals surface area contributed by atoms with Gasteiger partial charge in [0.05, 0.1) is 25.0 Å². The first kappa shape index (κ1) is 17.3. The highest BCUT2D eigenvalue weighted by Crippen LogP contribution is 2.30. The van der Waals surface area contributed by atoms with Gasteiger partial charge < -0.3 is 14.3 Å². The van der Waals surface area contributed by atoms with Crippen molar-refractivity contribution >= 4 is 29.4 Å². The Kier molecular flexibility index (Phi) is 5.65. The number of thioether (sulfide) groups is 1. The summed E-state index contributed by atoms with van der Waals surface area (Å²) in [5.41, 5.74) is 2.70. The third-order valence-corrected chi connectivity index (χ3v) is 4.34. The van der Waals surface area contributed by atoms with Crippen LogP contribution in [-0.4, -0.2) is 43.7 Å². The van der Waals surface area contributed by atoms with Gasteiger partial charge in [-0.25, -0.2) is 9.59 Å². The summed E-state index contributed by atoms with van der Waals surface area (Å²) >= 11 is 1.54. The number of esters is 2. The van der Waals surface area contributed by atoms with Crippen LogP contribution in [0.3, 0.4) is 0 Å². The first-order chi connectivity index (χ1) is 11.0. The molecule has 124 valence electrons. The number of benzene rings is 1. The molecule has 1 atom stereocenters. The molecule has 0 aliphatic carbocycles. The van der Waals surface area contributed by atoms with Crippen molar-refractivity contribution in [3.05, 3.63) is 28.8 Å². The molecular formula is C16H19NO5S. The zero-order valence-corrected chi connectivity index (χ0v) is 14.4. The first-order valence-corrected chi connectivity index (χ1v) is 8.41. The molecule has 1 aromatic rings. The molecule has 0 aromatic heterocycles. The largest absolute Gasteiger partial charge is 0.466 e. The van der Waals surface area contributed by atoms with E-state index in [-0.39, 0.29) is 5.97 Å². The Bertz CT molecular complexity index is 656. The lowest BCUT2D eigenvalue weighted by molar-refractivity contribution is -0.152. The number of carbonyl (C=O) groups excluding carboxylic acids is 2. The lowest BCUT2D eigenvalue weighted by atomic mass is 9.96. The van der Waals surface area contributed by atoms with Gasteiger partial charge in [0.25, 0.3) is 0 Å². The van der Waals surface area contributed by atoms with Crippen LogP contribution in [0.4, 0.5) is 0 Å². The lowest BCUT2D eigenvalue weighted by Crippen LogP contribution is -2.22. The monoisotopic (exact) mass is 337 g/mol. The van der Waals surface area contributed by atoms with Crippen LogP contribution >= 0.6 is 11.8 Å². The van der Waals surface area contributed by atoms with E-state index in [1.165, 1.54) is 7.11 Å². The summed E-state index contributed by atoms with van der Waals surface area (Å²) in [7, 11) is 1.31. The summed E-state index contributed by atoms with van der Waals surface area (Å²) in [6.07, 6.45) is 1.51. The third-order valence-electron chi connectivity index (χ3n) is 3.56. The van der Waals surface area contributed by atoms with Crippen LogP contribution in [0.15, 0.2) is 22.2 Å². The molecule has 1 aliphatic rings. The highest BCUT2D eigenvalue weighted by molar-refractivity contribution is 7.98. The average Bonchev–Trinajstić information content (AvgIpc) is 3.03. The summed E-state index contributed by atoms with van der Waals surface area (Å²) in [4.78, 5) is 29.8. The number of rotatable bonds is 5. The SMILES string of the molecule is CCOC(=O)c1ccc(SC)c(C2=NOC(C(=O)OC)C2)c1C. The minimum absolute atomic E-state index is 0.312. The normalized spacial score (nSPS) is 16.5. The van der Waals surface area contributed by atoms with Crippen LogP contribution < -0.4 is 0 Å². The van der Waals surface area contributed by atoms with Crippen molar-refractivity contribution in [3.8, 4) is 0 Å². The van der Waals surface area contributed by atoms with Crippen molar-refractivity contribution in [1.82, 2.24) is 0 Å². The fraction of sp³-hybridized carbons (Fsp3) is 0.438. The Balaban J connectivity index is 2.39. The van der Waals surface area contributed by atoms with Gasteiger partial charge in [0.1, 0.15) is 0 Å². The maximum atomic E-state index is 12.1. The molecule has 0 saturated heterocycles. The molecular weight excluding hydrogens is 318 g/mol. The molecule has 0 N–H and O–H groups in total. The topological polar surface area (TPSA) is 74.2 Å². The molecule has 0 saturated carbocycles. The zero-order valence-electron chi connectivity index (χ0n) is 13.5. The van der Waals surface area contributed by atoms with E-state index in [9.17, 15) is 9.59 Å². The molecule has 1 heterocycles. The standard InChI is InChI=1S/C16H19NO5S/c1-5-21-15(18)10-6-7-13(23-4)14(9(10)2)11-8-12(22-17-11)16(19)20-3/h6-7,12H,5,8H2,1-4H3. The Morgan fingerprint density at radius 2 is 2.17 bits per heavy atom. The number of hydrogen-bond donors (Lipinski definition) is 0. The second kappa shape index (κ2) is 7.50. The van der Waals surface area contributed by atoms with Crippen LogP contribution in [0.5, 0.6) is 0 Å². The summed E-state index contributed by atoms with van der Waals surface area (Å²) in [5.74, 6) is -0.836. The van der Waals surface area contributed by atoms with Crippen LogP contribution in [0.2, 0.25) is 0 Å². The minimum atomic E-state index is -0.740. The van der Waals surface area contributed by atoms with Crippen LogP contribution in [0, 0.1) is 6.92 Å². The van der Waals surface area contributed by atoms with Gasteiger partial charge in [-0.1, -0.05) is 5.16 Å². The summed E-state index contributed by atoms with van der Waals surface area (Å²) in [6.45, 7) is 3.92. The number of ether oxygens (including phenoxy) is 2. The van der Waals surface area contributed by atoms with E-state index in [1.54, 1.807) is 24.8 Å². The molecule has 0 amide bonds. The lowest BCUT2D eigenvalue weighted by Gasteiger charge is -2.14. The molecule has 0 radical (unpaired) electrons. The van der Waals surface area contributed by atoms with E-state index in [2.05, 4.69) is 9.89 Å². The molecule has 1 unspecified atom stereocenters. The Hall–Kier alpha value is -2.02. The molecule has 7 heteroatoms. The van der Waals surface area contributed by atoms with E-state index in [4.69, 9.17) is 9.57 Å². The first-order valence-electron chi connectivity index (χ1n) is 7.19. The van der Waals surface area contributed by atoms with Crippen molar-refractivity contribution in [2.75, 3.05) is 20.0 Å². The molecule has 0 bridgehead atoms. The highest BCUT2D eigenvalue weighted by Gasteiger charge is 2.32. The van der Waals surface area contributed by atoms with Gasteiger partial charge in [-0.05, 0) is 37.8 Å². The molecule has 0 fully saturated rings. The third kappa shape index (κ3) is 3.50. The number of oxime groups is 1. The molecule has 1 aromatic carbocycles. The Labute approximate surface area is 139 Å². The predicted molar refractivity (Wildman–Crippen MR) is 87.0 cm³/mol. The fourth-order valence-electron chi connectivity index (χ4n) is 2.43. The number of carbonyl (C=O) groups is 2. The second-order valence-corrected chi connectivity index (χ2v) is 5.74. The molecule has 1 aliphatic heterocycles. The Morgan fingerprint density at radius 1 is 1.43 bits per heavy atom. The summed E-state index contributed by atoms with van der Waals surface area (Å²) in [6, 6.07) is 3.60.